The Morgan fingerprint density at radius 1 is 0.769 bits per heavy atom. The number of carbonyl (C=O) groups excluding carboxylic acids is 2. The molecular formula is C20H19N2O4. The molecule has 0 N–H and O–H groups in total. The third-order valence-corrected chi connectivity index (χ3v) is 4.67. The van der Waals surface area contributed by atoms with Gasteiger partial charge in [-0.1, -0.05) is 12.1 Å². The molecule has 6 heteroatoms. The molecule has 0 aliphatic carbocycles. The van der Waals surface area contributed by atoms with Crippen molar-refractivity contribution in [1.29, 1.82) is 0 Å². The number of benzene rings is 2. The molecule has 1 fully saturated rings. The average Bonchev–Trinajstić information content (AvgIpc) is 3.15. The number of hydrogen-bond donors (Lipinski definition) is 0. The largest absolute Gasteiger partial charge is 0.454 e. The summed E-state index contributed by atoms with van der Waals surface area (Å²) in [5.41, 5.74) is 2.09. The molecule has 1 radical (unpaired) electrons. The Morgan fingerprint density at radius 3 is 1.96 bits per heavy atom. The van der Waals surface area contributed by atoms with E-state index in [-0.39, 0.29) is 18.6 Å². The van der Waals surface area contributed by atoms with Gasteiger partial charge < -0.3 is 19.3 Å². The van der Waals surface area contributed by atoms with Gasteiger partial charge in [-0.15, -0.1) is 0 Å². The van der Waals surface area contributed by atoms with Crippen LogP contribution in [0.15, 0.2) is 42.5 Å². The Morgan fingerprint density at radius 2 is 1.31 bits per heavy atom. The van der Waals surface area contributed by atoms with E-state index in [1.54, 1.807) is 40.1 Å². The van der Waals surface area contributed by atoms with Gasteiger partial charge in [0.05, 0.1) is 0 Å². The molecule has 2 amide bonds. The van der Waals surface area contributed by atoms with E-state index < -0.39 is 0 Å². The smallest absolute Gasteiger partial charge is 0.254 e. The maximum Gasteiger partial charge on any atom is 0.254 e. The van der Waals surface area contributed by atoms with Crippen molar-refractivity contribution in [3.8, 4) is 11.5 Å². The zero-order valence-corrected chi connectivity index (χ0v) is 14.3. The van der Waals surface area contributed by atoms with Crippen LogP contribution in [0.2, 0.25) is 0 Å². The minimum Gasteiger partial charge on any atom is -0.454 e. The normalized spacial score (nSPS) is 15.9. The molecule has 2 aromatic rings. The molecule has 26 heavy (non-hydrogen) atoms. The van der Waals surface area contributed by atoms with Gasteiger partial charge in [0.1, 0.15) is 0 Å². The number of nitrogens with zero attached hydrogens (tertiary/aromatic N) is 2. The third-order valence-electron chi connectivity index (χ3n) is 4.67. The molecule has 2 aliphatic heterocycles. The summed E-state index contributed by atoms with van der Waals surface area (Å²) in [5, 5.41) is 0. The number of fused-ring (bicyclic) bond motifs is 1. The van der Waals surface area contributed by atoms with Crippen LogP contribution < -0.4 is 9.47 Å². The lowest BCUT2D eigenvalue weighted by Gasteiger charge is -2.35. The minimum absolute atomic E-state index is 0.0137. The van der Waals surface area contributed by atoms with E-state index >= 15 is 0 Å². The summed E-state index contributed by atoms with van der Waals surface area (Å²) < 4.78 is 10.6. The molecule has 0 atom stereocenters. The lowest BCUT2D eigenvalue weighted by molar-refractivity contribution is 0.0535. The highest BCUT2D eigenvalue weighted by molar-refractivity contribution is 5.96. The first-order valence-electron chi connectivity index (χ1n) is 8.52. The second kappa shape index (κ2) is 6.71. The predicted octanol–water partition coefficient (Wildman–Crippen LogP) is 2.20. The van der Waals surface area contributed by atoms with Gasteiger partial charge in [-0.3, -0.25) is 9.59 Å². The van der Waals surface area contributed by atoms with Crippen LogP contribution in [0, 0.1) is 6.92 Å². The van der Waals surface area contributed by atoms with Gasteiger partial charge in [-0.2, -0.15) is 0 Å². The summed E-state index contributed by atoms with van der Waals surface area (Å²) >= 11 is 0. The lowest BCUT2D eigenvalue weighted by atomic mass is 10.1. The summed E-state index contributed by atoms with van der Waals surface area (Å²) in [5.74, 6) is 1.18. The maximum absolute atomic E-state index is 12.7. The van der Waals surface area contributed by atoms with Crippen molar-refractivity contribution in [1.82, 2.24) is 9.80 Å². The van der Waals surface area contributed by atoms with Crippen molar-refractivity contribution in [3.05, 3.63) is 66.1 Å². The quantitative estimate of drug-likeness (QED) is 0.832. The molecule has 2 heterocycles. The van der Waals surface area contributed by atoms with Crippen molar-refractivity contribution >= 4 is 11.8 Å². The van der Waals surface area contributed by atoms with Gasteiger partial charge in [-0.05, 0) is 42.8 Å². The van der Waals surface area contributed by atoms with Crippen LogP contribution in [0.5, 0.6) is 11.5 Å². The topological polar surface area (TPSA) is 59.1 Å². The Bertz CT molecular complexity index is 839. The molecule has 2 aliphatic rings. The average molecular weight is 351 g/mol. The lowest BCUT2D eigenvalue weighted by Crippen LogP contribution is -2.50. The van der Waals surface area contributed by atoms with Gasteiger partial charge in [0, 0.05) is 37.3 Å². The minimum atomic E-state index is -0.0585. The zero-order valence-electron chi connectivity index (χ0n) is 14.3. The van der Waals surface area contributed by atoms with E-state index in [2.05, 4.69) is 6.92 Å². The predicted molar refractivity (Wildman–Crippen MR) is 95.3 cm³/mol. The fourth-order valence-electron chi connectivity index (χ4n) is 3.15. The summed E-state index contributed by atoms with van der Waals surface area (Å²) in [7, 11) is 0. The molecular weight excluding hydrogens is 332 g/mol. The first kappa shape index (κ1) is 16.4. The maximum atomic E-state index is 12.7. The summed E-state index contributed by atoms with van der Waals surface area (Å²) in [4.78, 5) is 28.8. The molecule has 2 aromatic carbocycles. The Balaban J connectivity index is 1.39. The van der Waals surface area contributed by atoms with E-state index in [4.69, 9.17) is 9.47 Å². The first-order valence-corrected chi connectivity index (χ1v) is 8.52. The molecule has 0 spiro atoms. The fraction of sp³-hybridized carbons (Fsp3) is 0.250. The van der Waals surface area contributed by atoms with Gasteiger partial charge in [0.2, 0.25) is 6.79 Å². The number of amides is 2. The number of ether oxygens (including phenoxy) is 2. The number of hydrogen-bond acceptors (Lipinski definition) is 4. The van der Waals surface area contributed by atoms with Crippen LogP contribution in [0.25, 0.3) is 0 Å². The van der Waals surface area contributed by atoms with E-state index in [9.17, 15) is 9.59 Å². The van der Waals surface area contributed by atoms with Gasteiger partial charge >= 0.3 is 0 Å². The Hall–Kier alpha value is -3.02. The second-order valence-electron chi connectivity index (χ2n) is 6.35. The second-order valence-corrected chi connectivity index (χ2v) is 6.35. The molecule has 0 unspecified atom stereocenters. The van der Waals surface area contributed by atoms with Crippen molar-refractivity contribution in [3.63, 3.8) is 0 Å². The van der Waals surface area contributed by atoms with Crippen LogP contribution in [0.1, 0.15) is 26.3 Å². The van der Waals surface area contributed by atoms with E-state index in [1.165, 1.54) is 0 Å². The highest BCUT2D eigenvalue weighted by Gasteiger charge is 2.26. The van der Waals surface area contributed by atoms with Crippen LogP contribution in [-0.4, -0.2) is 54.6 Å². The van der Waals surface area contributed by atoms with Crippen molar-refractivity contribution in [2.24, 2.45) is 0 Å². The third kappa shape index (κ3) is 3.10. The highest BCUT2D eigenvalue weighted by atomic mass is 16.7. The molecule has 0 aromatic heterocycles. The molecule has 133 valence electrons. The number of rotatable bonds is 2. The van der Waals surface area contributed by atoms with Gasteiger partial charge in [-0.25, -0.2) is 0 Å². The van der Waals surface area contributed by atoms with Gasteiger partial charge in [0.25, 0.3) is 11.8 Å². The van der Waals surface area contributed by atoms with Crippen LogP contribution in [0.3, 0.4) is 0 Å². The van der Waals surface area contributed by atoms with Gasteiger partial charge in [0.15, 0.2) is 11.5 Å². The van der Waals surface area contributed by atoms with Crippen LogP contribution in [0.4, 0.5) is 0 Å². The van der Waals surface area contributed by atoms with E-state index in [0.717, 1.165) is 5.56 Å². The number of carbonyl (C=O) groups is 2. The fourth-order valence-corrected chi connectivity index (χ4v) is 3.15. The van der Waals surface area contributed by atoms with Crippen molar-refractivity contribution in [2.75, 3.05) is 33.0 Å². The monoisotopic (exact) mass is 351 g/mol. The zero-order chi connectivity index (χ0) is 18.1. The summed E-state index contributed by atoms with van der Waals surface area (Å²) in [6.45, 7) is 6.05. The van der Waals surface area contributed by atoms with E-state index in [0.29, 0.717) is 48.8 Å². The van der Waals surface area contributed by atoms with E-state index in [1.807, 2.05) is 12.1 Å². The van der Waals surface area contributed by atoms with Crippen molar-refractivity contribution in [2.45, 2.75) is 0 Å². The van der Waals surface area contributed by atoms with Crippen molar-refractivity contribution < 1.29 is 19.1 Å². The molecule has 1 saturated heterocycles. The summed E-state index contributed by atoms with van der Waals surface area (Å²) in [6.07, 6.45) is 0. The Kier molecular flexibility index (Phi) is 4.24. The Labute approximate surface area is 151 Å². The van der Waals surface area contributed by atoms with Crippen LogP contribution in [-0.2, 0) is 0 Å². The molecule has 6 nitrogen and oxygen atoms in total. The SMILES string of the molecule is [CH2]c1ccc(C(=O)N2CCN(C(=O)c3ccc4c(c3)OCO4)CC2)cc1. The molecule has 0 bridgehead atoms. The van der Waals surface area contributed by atoms with Crippen LogP contribution >= 0.6 is 0 Å². The highest BCUT2D eigenvalue weighted by Crippen LogP contribution is 2.32. The standard InChI is InChI=1S/C20H19N2O4/c1-14-2-4-15(5-3-14)19(23)21-8-10-22(11-9-21)20(24)16-6-7-17-18(12-16)26-13-25-17/h2-7,12H,1,8-11,13H2. The molecule has 4 rings (SSSR count). The molecule has 0 saturated carbocycles. The number of piperazine rings is 1. The summed E-state index contributed by atoms with van der Waals surface area (Å²) in [6, 6.07) is 12.4. The first-order chi connectivity index (χ1) is 12.6.